The molecule has 0 amide bonds. The summed E-state index contributed by atoms with van der Waals surface area (Å²) in [5.41, 5.74) is 0. The lowest BCUT2D eigenvalue weighted by atomic mass is 10.3. The molecule has 0 radical (unpaired) electrons. The van der Waals surface area contributed by atoms with E-state index in [0.29, 0.717) is 13.1 Å². The molecule has 1 saturated heterocycles. The lowest BCUT2D eigenvalue weighted by Gasteiger charge is -2.35. The SMILES string of the molecule is CN1CC[N+](O)(CC=O)CC1. The van der Waals surface area contributed by atoms with E-state index in [-0.39, 0.29) is 11.2 Å². The number of hydroxylamine groups is 3. The van der Waals surface area contributed by atoms with Crippen molar-refractivity contribution in [2.24, 2.45) is 0 Å². The van der Waals surface area contributed by atoms with Crippen molar-refractivity contribution in [3.05, 3.63) is 0 Å². The molecule has 1 aliphatic heterocycles. The van der Waals surface area contributed by atoms with E-state index in [2.05, 4.69) is 4.90 Å². The van der Waals surface area contributed by atoms with Crippen molar-refractivity contribution >= 4 is 6.29 Å². The van der Waals surface area contributed by atoms with E-state index in [4.69, 9.17) is 0 Å². The quantitative estimate of drug-likeness (QED) is 0.429. The number of carbonyl (C=O) groups is 1. The van der Waals surface area contributed by atoms with Gasteiger partial charge in [0, 0.05) is 0 Å². The maximum absolute atomic E-state index is 10.2. The summed E-state index contributed by atoms with van der Waals surface area (Å²) in [6.45, 7) is 3.28. The summed E-state index contributed by atoms with van der Waals surface area (Å²) in [6, 6.07) is 0. The number of piperazine rings is 1. The van der Waals surface area contributed by atoms with Crippen LogP contribution in [0.1, 0.15) is 0 Å². The van der Waals surface area contributed by atoms with Crippen molar-refractivity contribution in [3.8, 4) is 0 Å². The minimum atomic E-state index is -0.0756. The van der Waals surface area contributed by atoms with Crippen molar-refractivity contribution < 1.29 is 14.6 Å². The molecule has 11 heavy (non-hydrogen) atoms. The zero-order valence-corrected chi connectivity index (χ0v) is 6.86. The highest BCUT2D eigenvalue weighted by Gasteiger charge is 2.29. The summed E-state index contributed by atoms with van der Waals surface area (Å²) in [6.07, 6.45) is 0.783. The minimum absolute atomic E-state index is 0.0756. The second-order valence-corrected chi connectivity index (χ2v) is 3.19. The van der Waals surface area contributed by atoms with E-state index in [1.54, 1.807) is 0 Å². The Morgan fingerprint density at radius 3 is 2.55 bits per heavy atom. The van der Waals surface area contributed by atoms with Crippen LogP contribution < -0.4 is 0 Å². The largest absolute Gasteiger partial charge is 0.297 e. The molecule has 0 atom stereocenters. The van der Waals surface area contributed by atoms with Crippen molar-refractivity contribution in [2.75, 3.05) is 39.8 Å². The molecule has 0 aromatic heterocycles. The normalized spacial score (nSPS) is 24.9. The van der Waals surface area contributed by atoms with E-state index < -0.39 is 0 Å². The van der Waals surface area contributed by atoms with Gasteiger partial charge in [-0.25, -0.2) is 5.21 Å². The molecule has 0 aromatic carbocycles. The van der Waals surface area contributed by atoms with Crippen LogP contribution in [0.25, 0.3) is 0 Å². The molecule has 0 unspecified atom stereocenters. The number of rotatable bonds is 2. The fourth-order valence-electron chi connectivity index (χ4n) is 1.26. The Morgan fingerprint density at radius 2 is 2.09 bits per heavy atom. The van der Waals surface area contributed by atoms with Crippen LogP contribution in [-0.4, -0.2) is 60.8 Å². The van der Waals surface area contributed by atoms with Crippen molar-refractivity contribution in [1.82, 2.24) is 4.90 Å². The average Bonchev–Trinajstić information content (AvgIpc) is 1.97. The first-order chi connectivity index (χ1) is 5.16. The van der Waals surface area contributed by atoms with Gasteiger partial charge in [-0.05, 0) is 7.05 Å². The summed E-state index contributed by atoms with van der Waals surface area (Å²) in [5, 5.41) is 9.67. The molecule has 1 N–H and O–H groups in total. The number of quaternary nitrogens is 1. The fraction of sp³-hybridized carbons (Fsp3) is 0.857. The number of likely N-dealkylation sites (N-methyl/N-ethyl adjacent to an activating group) is 1. The van der Waals surface area contributed by atoms with Crippen LogP contribution in [0.3, 0.4) is 0 Å². The highest BCUT2D eigenvalue weighted by atomic mass is 16.5. The van der Waals surface area contributed by atoms with Gasteiger partial charge >= 0.3 is 0 Å². The first-order valence-corrected chi connectivity index (χ1v) is 3.87. The van der Waals surface area contributed by atoms with Crippen molar-refractivity contribution in [1.29, 1.82) is 0 Å². The van der Waals surface area contributed by atoms with Gasteiger partial charge in [0.2, 0.25) is 0 Å². The molecule has 1 heterocycles. The van der Waals surface area contributed by atoms with Gasteiger partial charge in [-0.3, -0.25) is 9.69 Å². The number of aldehydes is 1. The van der Waals surface area contributed by atoms with Gasteiger partial charge in [0.25, 0.3) is 0 Å². The third kappa shape index (κ3) is 2.25. The third-order valence-electron chi connectivity index (χ3n) is 2.21. The zero-order valence-electron chi connectivity index (χ0n) is 6.86. The van der Waals surface area contributed by atoms with E-state index in [9.17, 15) is 10.0 Å². The van der Waals surface area contributed by atoms with Crippen LogP contribution in [0.15, 0.2) is 0 Å². The Bertz CT molecular complexity index is 141. The molecular formula is C7H15N2O2+. The topological polar surface area (TPSA) is 40.5 Å². The van der Waals surface area contributed by atoms with Gasteiger partial charge in [0.05, 0.1) is 13.1 Å². The summed E-state index contributed by atoms with van der Waals surface area (Å²) >= 11 is 0. The molecule has 1 rings (SSSR count). The predicted molar refractivity (Wildman–Crippen MR) is 40.2 cm³/mol. The van der Waals surface area contributed by atoms with E-state index in [1.807, 2.05) is 7.05 Å². The monoisotopic (exact) mass is 159 g/mol. The molecule has 0 bridgehead atoms. The van der Waals surface area contributed by atoms with E-state index in [1.165, 1.54) is 0 Å². The summed E-state index contributed by atoms with van der Waals surface area (Å²) in [4.78, 5) is 12.3. The summed E-state index contributed by atoms with van der Waals surface area (Å²) in [7, 11) is 2.02. The predicted octanol–water partition coefficient (Wildman–Crippen LogP) is -0.663. The van der Waals surface area contributed by atoms with Crippen LogP contribution in [0.5, 0.6) is 0 Å². The van der Waals surface area contributed by atoms with Gasteiger partial charge in [-0.2, -0.15) is 4.65 Å². The van der Waals surface area contributed by atoms with Gasteiger partial charge in [-0.1, -0.05) is 0 Å². The summed E-state index contributed by atoms with van der Waals surface area (Å²) in [5.74, 6) is 0. The van der Waals surface area contributed by atoms with Crippen molar-refractivity contribution in [3.63, 3.8) is 0 Å². The highest BCUT2D eigenvalue weighted by Crippen LogP contribution is 2.06. The molecule has 1 aliphatic rings. The van der Waals surface area contributed by atoms with E-state index >= 15 is 0 Å². The molecule has 0 aliphatic carbocycles. The Hall–Kier alpha value is -0.450. The first-order valence-electron chi connectivity index (χ1n) is 3.87. The molecule has 0 saturated carbocycles. The van der Waals surface area contributed by atoms with E-state index in [0.717, 1.165) is 19.4 Å². The third-order valence-corrected chi connectivity index (χ3v) is 2.21. The Morgan fingerprint density at radius 1 is 1.55 bits per heavy atom. The molecule has 0 aromatic rings. The Labute approximate surface area is 66.6 Å². The Kier molecular flexibility index (Phi) is 2.59. The summed E-state index contributed by atoms with van der Waals surface area (Å²) < 4.78 is -0.0756. The minimum Gasteiger partial charge on any atom is -0.297 e. The van der Waals surface area contributed by atoms with Crippen LogP contribution in [0, 0.1) is 0 Å². The molecular weight excluding hydrogens is 144 g/mol. The molecule has 4 nitrogen and oxygen atoms in total. The lowest BCUT2D eigenvalue weighted by Crippen LogP contribution is -2.57. The standard InChI is InChI=1S/C7H15N2O2/c1-8-2-4-9(11,5-3-8)6-7-10/h7,11H,2-6H2,1H3/q+1. The maximum Gasteiger partial charge on any atom is 0.177 e. The molecule has 64 valence electrons. The van der Waals surface area contributed by atoms with Crippen molar-refractivity contribution in [2.45, 2.75) is 0 Å². The average molecular weight is 159 g/mol. The molecule has 4 heteroatoms. The maximum atomic E-state index is 10.2. The second kappa shape index (κ2) is 3.30. The number of hydrogen-bond acceptors (Lipinski definition) is 3. The Balaban J connectivity index is 2.41. The number of nitrogens with zero attached hydrogens (tertiary/aromatic N) is 2. The van der Waals surface area contributed by atoms with Gasteiger partial charge in [-0.15, -0.1) is 0 Å². The smallest absolute Gasteiger partial charge is 0.177 e. The van der Waals surface area contributed by atoms with Gasteiger partial charge in [0.15, 0.2) is 12.8 Å². The first kappa shape index (κ1) is 8.64. The van der Waals surface area contributed by atoms with Gasteiger partial charge in [0.1, 0.15) is 13.1 Å². The van der Waals surface area contributed by atoms with Crippen LogP contribution in [0.4, 0.5) is 0 Å². The van der Waals surface area contributed by atoms with Gasteiger partial charge < -0.3 is 0 Å². The molecule has 1 fully saturated rings. The number of carbonyl (C=O) groups excluding carboxylic acids is 1. The lowest BCUT2D eigenvalue weighted by molar-refractivity contribution is -1.10. The molecule has 0 spiro atoms. The second-order valence-electron chi connectivity index (χ2n) is 3.19. The van der Waals surface area contributed by atoms with Crippen LogP contribution in [0.2, 0.25) is 0 Å². The fourth-order valence-corrected chi connectivity index (χ4v) is 1.26. The highest BCUT2D eigenvalue weighted by molar-refractivity contribution is 5.50. The van der Waals surface area contributed by atoms with Crippen LogP contribution >= 0.6 is 0 Å². The van der Waals surface area contributed by atoms with Crippen LogP contribution in [-0.2, 0) is 4.79 Å². The number of hydrogen-bond donors (Lipinski definition) is 1. The zero-order chi connectivity index (χ0) is 8.32.